The van der Waals surface area contributed by atoms with Crippen LogP contribution in [0, 0.1) is 5.92 Å². The van der Waals surface area contributed by atoms with Crippen molar-refractivity contribution in [1.29, 1.82) is 0 Å². The van der Waals surface area contributed by atoms with Crippen LogP contribution in [0.1, 0.15) is 5.69 Å². The summed E-state index contributed by atoms with van der Waals surface area (Å²) >= 11 is 0. The summed E-state index contributed by atoms with van der Waals surface area (Å²) in [6.07, 6.45) is 0.484. The van der Waals surface area contributed by atoms with Gasteiger partial charge in [0, 0.05) is 37.8 Å². The summed E-state index contributed by atoms with van der Waals surface area (Å²) in [6, 6.07) is 5.63. The minimum absolute atomic E-state index is 0.232. The van der Waals surface area contributed by atoms with Crippen molar-refractivity contribution in [1.82, 2.24) is 9.88 Å². The van der Waals surface area contributed by atoms with Crippen molar-refractivity contribution in [2.24, 2.45) is 11.7 Å². The molecule has 0 radical (unpaired) electrons. The minimum Gasteiger partial charge on any atom is -0.391 e. The number of aliphatic hydroxyl groups is 1. The summed E-state index contributed by atoms with van der Waals surface area (Å²) < 4.78 is 0. The van der Waals surface area contributed by atoms with Crippen LogP contribution in [0.3, 0.4) is 0 Å². The van der Waals surface area contributed by atoms with Gasteiger partial charge in [0.15, 0.2) is 0 Å². The van der Waals surface area contributed by atoms with Gasteiger partial charge in [-0.2, -0.15) is 0 Å². The summed E-state index contributed by atoms with van der Waals surface area (Å²) in [5, 5.41) is 9.98. The molecule has 0 aromatic carbocycles. The van der Waals surface area contributed by atoms with Crippen molar-refractivity contribution in [2.75, 3.05) is 31.9 Å². The summed E-state index contributed by atoms with van der Waals surface area (Å²) in [7, 11) is 0. The average molecular weight is 236 g/mol. The van der Waals surface area contributed by atoms with Crippen LogP contribution >= 0.6 is 0 Å². The highest BCUT2D eigenvalue weighted by Gasteiger charge is 2.30. The van der Waals surface area contributed by atoms with E-state index in [9.17, 15) is 5.11 Å². The van der Waals surface area contributed by atoms with Crippen molar-refractivity contribution < 1.29 is 5.11 Å². The van der Waals surface area contributed by atoms with E-state index >= 15 is 0 Å². The van der Waals surface area contributed by atoms with Crippen LogP contribution in [-0.2, 0) is 6.42 Å². The Balaban J connectivity index is 1.95. The molecule has 0 spiro atoms. The molecule has 0 saturated carbocycles. The Morgan fingerprint density at radius 2 is 2.24 bits per heavy atom. The summed E-state index contributed by atoms with van der Waals surface area (Å²) in [5.74, 6) is 0.768. The molecule has 2 atom stereocenters. The first-order valence-electron chi connectivity index (χ1n) is 6.01. The molecule has 2 heterocycles. The lowest BCUT2D eigenvalue weighted by atomic mass is 10.00. The predicted octanol–water partition coefficient (Wildman–Crippen LogP) is -0.542. The molecule has 0 amide bonds. The fourth-order valence-corrected chi connectivity index (χ4v) is 2.39. The molecule has 2 unspecified atom stereocenters. The molecule has 5 N–H and O–H groups in total. The highest BCUT2D eigenvalue weighted by atomic mass is 16.3. The topological polar surface area (TPSA) is 88.4 Å². The summed E-state index contributed by atoms with van der Waals surface area (Å²) in [6.45, 7) is 3.08. The number of aliphatic hydroxyl groups excluding tert-OH is 1. The fourth-order valence-electron chi connectivity index (χ4n) is 2.39. The standard InChI is InChI=1S/C12H20N4O/c13-4-5-16-7-9(11(17)8-16)6-10-2-1-3-12(14)15-10/h1-3,9,11,17H,4-8,13H2,(H2,14,15). The number of hydrogen-bond donors (Lipinski definition) is 3. The van der Waals surface area contributed by atoms with E-state index in [0.29, 0.717) is 18.9 Å². The van der Waals surface area contributed by atoms with Crippen LogP contribution in [0.2, 0.25) is 0 Å². The predicted molar refractivity (Wildman–Crippen MR) is 67.3 cm³/mol. The maximum Gasteiger partial charge on any atom is 0.123 e. The molecule has 1 aliphatic heterocycles. The first-order chi connectivity index (χ1) is 8.19. The first-order valence-corrected chi connectivity index (χ1v) is 6.01. The Morgan fingerprint density at radius 1 is 1.41 bits per heavy atom. The monoisotopic (exact) mass is 236 g/mol. The molecular formula is C12H20N4O. The van der Waals surface area contributed by atoms with Gasteiger partial charge in [0.2, 0.25) is 0 Å². The van der Waals surface area contributed by atoms with Gasteiger partial charge in [-0.15, -0.1) is 0 Å². The number of anilines is 1. The number of β-amino-alcohol motifs (C(OH)–C–C–N with tert-alkyl or cyclic N) is 1. The lowest BCUT2D eigenvalue weighted by molar-refractivity contribution is 0.141. The van der Waals surface area contributed by atoms with E-state index in [4.69, 9.17) is 11.5 Å². The van der Waals surface area contributed by atoms with Crippen LogP contribution in [0.4, 0.5) is 5.82 Å². The van der Waals surface area contributed by atoms with E-state index < -0.39 is 0 Å². The molecular weight excluding hydrogens is 216 g/mol. The van der Waals surface area contributed by atoms with Crippen LogP contribution in [-0.4, -0.2) is 47.3 Å². The largest absolute Gasteiger partial charge is 0.391 e. The smallest absolute Gasteiger partial charge is 0.123 e. The van der Waals surface area contributed by atoms with Gasteiger partial charge in [-0.1, -0.05) is 6.07 Å². The molecule has 2 rings (SSSR count). The highest BCUT2D eigenvalue weighted by molar-refractivity contribution is 5.29. The van der Waals surface area contributed by atoms with E-state index in [-0.39, 0.29) is 12.0 Å². The zero-order valence-electron chi connectivity index (χ0n) is 9.92. The van der Waals surface area contributed by atoms with Gasteiger partial charge in [0.05, 0.1) is 6.10 Å². The van der Waals surface area contributed by atoms with Crippen LogP contribution in [0.15, 0.2) is 18.2 Å². The van der Waals surface area contributed by atoms with Gasteiger partial charge in [-0.3, -0.25) is 4.90 Å². The second-order valence-corrected chi connectivity index (χ2v) is 4.63. The quantitative estimate of drug-likeness (QED) is 0.653. The van der Waals surface area contributed by atoms with Crippen LogP contribution < -0.4 is 11.5 Å². The van der Waals surface area contributed by atoms with Crippen molar-refractivity contribution in [3.05, 3.63) is 23.9 Å². The second-order valence-electron chi connectivity index (χ2n) is 4.63. The number of hydrogen-bond acceptors (Lipinski definition) is 5. The van der Waals surface area contributed by atoms with Crippen molar-refractivity contribution in [3.8, 4) is 0 Å². The normalized spacial score (nSPS) is 25.3. The average Bonchev–Trinajstić information content (AvgIpc) is 2.60. The molecule has 0 aliphatic carbocycles. The molecule has 1 aliphatic rings. The van der Waals surface area contributed by atoms with E-state index in [1.54, 1.807) is 6.07 Å². The third-order valence-corrected chi connectivity index (χ3v) is 3.23. The van der Waals surface area contributed by atoms with E-state index in [1.807, 2.05) is 12.1 Å². The Labute approximate surface area is 101 Å². The van der Waals surface area contributed by atoms with Gasteiger partial charge < -0.3 is 16.6 Å². The van der Waals surface area contributed by atoms with Crippen LogP contribution in [0.5, 0.6) is 0 Å². The maximum atomic E-state index is 9.98. The molecule has 0 bridgehead atoms. The zero-order chi connectivity index (χ0) is 12.3. The van der Waals surface area contributed by atoms with Crippen molar-refractivity contribution >= 4 is 5.82 Å². The molecule has 17 heavy (non-hydrogen) atoms. The third kappa shape index (κ3) is 3.15. The van der Waals surface area contributed by atoms with Gasteiger partial charge >= 0.3 is 0 Å². The Hall–Kier alpha value is -1.17. The lowest BCUT2D eigenvalue weighted by Crippen LogP contribution is -2.28. The van der Waals surface area contributed by atoms with E-state index in [2.05, 4.69) is 9.88 Å². The maximum absolute atomic E-state index is 9.98. The van der Waals surface area contributed by atoms with Gasteiger partial charge in [0.25, 0.3) is 0 Å². The summed E-state index contributed by atoms with van der Waals surface area (Å²) in [4.78, 5) is 6.46. The molecule has 94 valence electrons. The SMILES string of the molecule is NCCN1CC(O)C(Cc2cccc(N)n2)C1. The van der Waals surface area contributed by atoms with Crippen LogP contribution in [0.25, 0.3) is 0 Å². The van der Waals surface area contributed by atoms with Gasteiger partial charge in [0.1, 0.15) is 5.82 Å². The van der Waals surface area contributed by atoms with Gasteiger partial charge in [-0.05, 0) is 18.6 Å². The Bertz CT molecular complexity index is 371. The van der Waals surface area contributed by atoms with Crippen molar-refractivity contribution in [3.63, 3.8) is 0 Å². The lowest BCUT2D eigenvalue weighted by Gasteiger charge is -2.14. The number of rotatable bonds is 4. The highest BCUT2D eigenvalue weighted by Crippen LogP contribution is 2.20. The molecule has 1 saturated heterocycles. The van der Waals surface area contributed by atoms with E-state index in [1.165, 1.54) is 0 Å². The number of nitrogen functional groups attached to an aromatic ring is 1. The van der Waals surface area contributed by atoms with E-state index in [0.717, 1.165) is 25.2 Å². The minimum atomic E-state index is -0.287. The Kier molecular flexibility index (Phi) is 3.93. The van der Waals surface area contributed by atoms with Crippen molar-refractivity contribution in [2.45, 2.75) is 12.5 Å². The molecule has 5 nitrogen and oxygen atoms in total. The Morgan fingerprint density at radius 3 is 2.94 bits per heavy atom. The summed E-state index contributed by atoms with van der Waals surface area (Å²) in [5.41, 5.74) is 12.1. The second kappa shape index (κ2) is 5.44. The number of pyridine rings is 1. The third-order valence-electron chi connectivity index (χ3n) is 3.23. The van der Waals surface area contributed by atoms with Gasteiger partial charge in [-0.25, -0.2) is 4.98 Å². The number of aromatic nitrogens is 1. The molecule has 1 aromatic rings. The molecule has 5 heteroatoms. The number of likely N-dealkylation sites (tertiary alicyclic amines) is 1. The first kappa shape index (κ1) is 12.3. The molecule has 1 aromatic heterocycles. The number of nitrogens with two attached hydrogens (primary N) is 2. The zero-order valence-corrected chi connectivity index (χ0v) is 9.92. The fraction of sp³-hybridized carbons (Fsp3) is 0.583. The number of nitrogens with zero attached hydrogens (tertiary/aromatic N) is 2. The molecule has 1 fully saturated rings.